The van der Waals surface area contributed by atoms with Crippen LogP contribution in [-0.4, -0.2) is 42.3 Å². The molecule has 1 N–H and O–H groups in total. The molecule has 1 saturated heterocycles. The van der Waals surface area contributed by atoms with E-state index in [0.29, 0.717) is 19.0 Å². The summed E-state index contributed by atoms with van der Waals surface area (Å²) in [7, 11) is 0. The third kappa shape index (κ3) is 5.81. The summed E-state index contributed by atoms with van der Waals surface area (Å²) >= 11 is 0. The van der Waals surface area contributed by atoms with Crippen LogP contribution in [0.4, 0.5) is 11.4 Å². The molecule has 2 aromatic rings. The molecule has 0 aliphatic carbocycles. The summed E-state index contributed by atoms with van der Waals surface area (Å²) in [5.74, 6) is -0.515. The number of rotatable bonds is 9. The lowest BCUT2D eigenvalue weighted by molar-refractivity contribution is -0.138. The summed E-state index contributed by atoms with van der Waals surface area (Å²) in [4.78, 5) is 42.3. The van der Waals surface area contributed by atoms with Crippen molar-refractivity contribution in [2.45, 2.75) is 52.9 Å². The fourth-order valence-electron chi connectivity index (χ4n) is 4.35. The van der Waals surface area contributed by atoms with Crippen molar-refractivity contribution in [3.63, 3.8) is 0 Å². The number of aryl methyl sites for hydroxylation is 1. The van der Waals surface area contributed by atoms with Crippen molar-refractivity contribution in [3.8, 4) is 0 Å². The number of benzene rings is 2. The fourth-order valence-corrected chi connectivity index (χ4v) is 4.35. The smallest absolute Gasteiger partial charge is 0.244 e. The van der Waals surface area contributed by atoms with Crippen molar-refractivity contribution in [1.29, 1.82) is 0 Å². The van der Waals surface area contributed by atoms with Gasteiger partial charge in [0, 0.05) is 30.9 Å². The number of anilines is 2. The first-order chi connectivity index (χ1) is 15.8. The summed E-state index contributed by atoms with van der Waals surface area (Å²) in [5.41, 5.74) is 3.74. The van der Waals surface area contributed by atoms with E-state index in [-0.39, 0.29) is 30.7 Å². The Labute approximate surface area is 197 Å². The molecule has 3 rings (SSSR count). The number of hydrogen-bond acceptors (Lipinski definition) is 3. The van der Waals surface area contributed by atoms with Gasteiger partial charge in [0.1, 0.15) is 0 Å². The van der Waals surface area contributed by atoms with E-state index in [9.17, 15) is 14.4 Å². The molecule has 1 aliphatic heterocycles. The molecular formula is C27H35N3O3. The van der Waals surface area contributed by atoms with E-state index in [2.05, 4.69) is 25.2 Å². The second-order valence-corrected chi connectivity index (χ2v) is 8.90. The second-order valence-electron chi connectivity index (χ2n) is 8.90. The van der Waals surface area contributed by atoms with Crippen LogP contribution >= 0.6 is 0 Å². The number of amides is 3. The predicted molar refractivity (Wildman–Crippen MR) is 132 cm³/mol. The number of para-hydroxylation sites is 2. The van der Waals surface area contributed by atoms with Gasteiger partial charge in [0.05, 0.1) is 12.5 Å². The Hall–Kier alpha value is -3.15. The van der Waals surface area contributed by atoms with Gasteiger partial charge in [-0.1, -0.05) is 57.2 Å². The summed E-state index contributed by atoms with van der Waals surface area (Å²) in [6, 6.07) is 15.5. The van der Waals surface area contributed by atoms with Gasteiger partial charge in [-0.2, -0.15) is 0 Å². The monoisotopic (exact) mass is 449 g/mol. The molecule has 1 fully saturated rings. The Balaban J connectivity index is 1.71. The van der Waals surface area contributed by atoms with Gasteiger partial charge < -0.3 is 15.1 Å². The highest BCUT2D eigenvalue weighted by molar-refractivity contribution is 6.02. The highest BCUT2D eigenvalue weighted by Gasteiger charge is 2.38. The van der Waals surface area contributed by atoms with E-state index in [1.165, 1.54) is 0 Å². The maximum atomic E-state index is 13.4. The third-order valence-electron chi connectivity index (χ3n) is 6.40. The van der Waals surface area contributed by atoms with E-state index in [0.717, 1.165) is 35.3 Å². The van der Waals surface area contributed by atoms with Crippen LogP contribution in [0.2, 0.25) is 0 Å². The first kappa shape index (κ1) is 24.5. The zero-order valence-electron chi connectivity index (χ0n) is 20.1. The van der Waals surface area contributed by atoms with Gasteiger partial charge in [0.15, 0.2) is 0 Å². The molecule has 0 radical (unpaired) electrons. The minimum atomic E-state index is -0.444. The maximum Gasteiger partial charge on any atom is 0.244 e. The summed E-state index contributed by atoms with van der Waals surface area (Å²) in [6.07, 6.45) is 1.89. The topological polar surface area (TPSA) is 69.7 Å². The molecule has 0 saturated carbocycles. The van der Waals surface area contributed by atoms with Crippen molar-refractivity contribution in [2.75, 3.05) is 29.9 Å². The summed E-state index contributed by atoms with van der Waals surface area (Å²) < 4.78 is 0. The van der Waals surface area contributed by atoms with Gasteiger partial charge in [0.2, 0.25) is 17.7 Å². The van der Waals surface area contributed by atoms with Crippen molar-refractivity contribution >= 4 is 29.1 Å². The molecule has 0 spiro atoms. The standard InChI is InChI=1S/C27H35N3O3/c1-5-15-29(18-25(31)28-23-13-9-7-11-20(23)4)27(33)21-16-26(32)30(17-21)24-14-10-8-12-22(24)19(3)6-2/h7-14,19,21H,5-6,15-18H2,1-4H3,(H,28,31)/t19-,21-/m1/s1. The highest BCUT2D eigenvalue weighted by Crippen LogP contribution is 2.34. The Bertz CT molecular complexity index is 1000. The van der Waals surface area contributed by atoms with Crippen molar-refractivity contribution < 1.29 is 14.4 Å². The van der Waals surface area contributed by atoms with Crippen LogP contribution in [0.15, 0.2) is 48.5 Å². The van der Waals surface area contributed by atoms with Crippen LogP contribution in [0.3, 0.4) is 0 Å². The molecule has 0 unspecified atom stereocenters. The minimum absolute atomic E-state index is 0.0187. The quantitative estimate of drug-likeness (QED) is 0.601. The van der Waals surface area contributed by atoms with Crippen LogP contribution in [0.1, 0.15) is 57.1 Å². The van der Waals surface area contributed by atoms with Crippen molar-refractivity contribution in [3.05, 3.63) is 59.7 Å². The van der Waals surface area contributed by atoms with E-state index >= 15 is 0 Å². The average molecular weight is 450 g/mol. The number of nitrogens with one attached hydrogen (secondary N) is 1. The van der Waals surface area contributed by atoms with Gasteiger partial charge in [0.25, 0.3) is 0 Å². The van der Waals surface area contributed by atoms with Crippen molar-refractivity contribution in [2.24, 2.45) is 5.92 Å². The molecule has 1 heterocycles. The Morgan fingerprint density at radius 1 is 1.12 bits per heavy atom. The SMILES string of the molecule is CCCN(CC(=O)Nc1ccccc1C)C(=O)[C@@H]1CC(=O)N(c2ccccc2[C@H](C)CC)C1. The lowest BCUT2D eigenvalue weighted by Crippen LogP contribution is -2.42. The summed E-state index contributed by atoms with van der Waals surface area (Å²) in [5, 5.41) is 2.90. The van der Waals surface area contributed by atoms with Crippen LogP contribution in [0.25, 0.3) is 0 Å². The second kappa shape index (κ2) is 11.1. The molecular weight excluding hydrogens is 414 g/mol. The number of carbonyl (C=O) groups is 3. The zero-order chi connectivity index (χ0) is 24.0. The lowest BCUT2D eigenvalue weighted by atomic mass is 9.96. The van der Waals surface area contributed by atoms with E-state index in [1.54, 1.807) is 9.80 Å². The van der Waals surface area contributed by atoms with Crippen molar-refractivity contribution in [1.82, 2.24) is 4.90 Å². The molecule has 0 aromatic heterocycles. The molecule has 33 heavy (non-hydrogen) atoms. The molecule has 2 atom stereocenters. The third-order valence-corrected chi connectivity index (χ3v) is 6.40. The van der Waals surface area contributed by atoms with Gasteiger partial charge in [-0.15, -0.1) is 0 Å². The van der Waals surface area contributed by atoms with Gasteiger partial charge in [-0.05, 0) is 48.9 Å². The Morgan fingerprint density at radius 3 is 2.52 bits per heavy atom. The van der Waals surface area contributed by atoms with Crippen LogP contribution in [0.5, 0.6) is 0 Å². The van der Waals surface area contributed by atoms with E-state index in [1.807, 2.05) is 56.3 Å². The predicted octanol–water partition coefficient (Wildman–Crippen LogP) is 4.74. The Kier molecular flexibility index (Phi) is 8.26. The molecule has 3 amide bonds. The number of hydrogen-bond donors (Lipinski definition) is 1. The molecule has 6 heteroatoms. The maximum absolute atomic E-state index is 13.4. The van der Waals surface area contributed by atoms with Crippen LogP contribution in [-0.2, 0) is 14.4 Å². The minimum Gasteiger partial charge on any atom is -0.333 e. The number of nitrogens with zero attached hydrogens (tertiary/aromatic N) is 2. The normalized spacial score (nSPS) is 16.5. The van der Waals surface area contributed by atoms with Gasteiger partial charge in [-0.3, -0.25) is 14.4 Å². The highest BCUT2D eigenvalue weighted by atomic mass is 16.2. The molecule has 0 bridgehead atoms. The van der Waals surface area contributed by atoms with E-state index < -0.39 is 5.92 Å². The number of carbonyl (C=O) groups excluding carboxylic acids is 3. The molecule has 2 aromatic carbocycles. The largest absolute Gasteiger partial charge is 0.333 e. The first-order valence-corrected chi connectivity index (χ1v) is 11.9. The van der Waals surface area contributed by atoms with Crippen LogP contribution < -0.4 is 10.2 Å². The average Bonchev–Trinajstić information content (AvgIpc) is 3.20. The Morgan fingerprint density at radius 2 is 1.82 bits per heavy atom. The van der Waals surface area contributed by atoms with Gasteiger partial charge in [-0.25, -0.2) is 0 Å². The summed E-state index contributed by atoms with van der Waals surface area (Å²) in [6.45, 7) is 9.00. The molecule has 1 aliphatic rings. The zero-order valence-corrected chi connectivity index (χ0v) is 20.1. The first-order valence-electron chi connectivity index (χ1n) is 11.9. The molecule has 176 valence electrons. The van der Waals surface area contributed by atoms with E-state index in [4.69, 9.17) is 0 Å². The van der Waals surface area contributed by atoms with Gasteiger partial charge >= 0.3 is 0 Å². The molecule has 6 nitrogen and oxygen atoms in total. The lowest BCUT2D eigenvalue weighted by Gasteiger charge is -2.26. The van der Waals surface area contributed by atoms with Crippen LogP contribution in [0, 0.1) is 12.8 Å². The fraction of sp³-hybridized carbons (Fsp3) is 0.444.